The normalized spacial score (nSPS) is 12.0. The standard InChI is InChI=1S/C16H18Cl2N2O/c1-4-10(2)11-7-5-6-8-14(11)21-16-13(18)9-12(17)15(19-3)20-16/h5-10H,4H2,1-3H3,(H,19,20). The van der Waals surface area contributed by atoms with E-state index in [0.717, 1.165) is 17.7 Å². The zero-order valence-corrected chi connectivity index (χ0v) is 13.8. The van der Waals surface area contributed by atoms with Crippen LogP contribution in [-0.2, 0) is 0 Å². The van der Waals surface area contributed by atoms with Crippen LogP contribution in [0.1, 0.15) is 31.7 Å². The Labute approximate surface area is 135 Å². The van der Waals surface area contributed by atoms with E-state index in [0.29, 0.717) is 27.7 Å². The summed E-state index contributed by atoms with van der Waals surface area (Å²) >= 11 is 12.2. The first-order valence-corrected chi connectivity index (χ1v) is 7.63. The van der Waals surface area contributed by atoms with Crippen molar-refractivity contribution in [3.8, 4) is 11.6 Å². The average Bonchev–Trinajstić information content (AvgIpc) is 2.49. The fourth-order valence-electron chi connectivity index (χ4n) is 2.00. The van der Waals surface area contributed by atoms with Gasteiger partial charge in [-0.15, -0.1) is 0 Å². The highest BCUT2D eigenvalue weighted by Gasteiger charge is 2.14. The van der Waals surface area contributed by atoms with E-state index in [9.17, 15) is 0 Å². The number of nitrogens with one attached hydrogen (secondary N) is 1. The Hall–Kier alpha value is -1.45. The minimum atomic E-state index is 0.348. The molecule has 0 radical (unpaired) electrons. The highest BCUT2D eigenvalue weighted by molar-refractivity contribution is 6.36. The summed E-state index contributed by atoms with van der Waals surface area (Å²) in [6.07, 6.45) is 1.03. The molecule has 1 unspecified atom stereocenters. The van der Waals surface area contributed by atoms with Gasteiger partial charge in [0.25, 0.3) is 0 Å². The molecule has 0 amide bonds. The van der Waals surface area contributed by atoms with Gasteiger partial charge in [0.2, 0.25) is 5.88 Å². The highest BCUT2D eigenvalue weighted by Crippen LogP contribution is 2.36. The number of rotatable bonds is 5. The second-order valence-corrected chi connectivity index (χ2v) is 5.62. The van der Waals surface area contributed by atoms with Gasteiger partial charge in [-0.1, -0.05) is 55.2 Å². The molecule has 1 aromatic heterocycles. The van der Waals surface area contributed by atoms with E-state index in [4.69, 9.17) is 27.9 Å². The van der Waals surface area contributed by atoms with Crippen LogP contribution in [-0.4, -0.2) is 12.0 Å². The topological polar surface area (TPSA) is 34.1 Å². The summed E-state index contributed by atoms with van der Waals surface area (Å²) in [5, 5.41) is 3.77. The van der Waals surface area contributed by atoms with E-state index in [2.05, 4.69) is 30.2 Å². The van der Waals surface area contributed by atoms with Crippen LogP contribution in [0.25, 0.3) is 0 Å². The van der Waals surface area contributed by atoms with Gasteiger partial charge in [-0.2, -0.15) is 4.98 Å². The van der Waals surface area contributed by atoms with Crippen molar-refractivity contribution in [1.82, 2.24) is 4.98 Å². The van der Waals surface area contributed by atoms with Crippen molar-refractivity contribution in [3.63, 3.8) is 0 Å². The monoisotopic (exact) mass is 324 g/mol. The van der Waals surface area contributed by atoms with Crippen molar-refractivity contribution >= 4 is 29.0 Å². The number of nitrogens with zero attached hydrogens (tertiary/aromatic N) is 1. The fourth-order valence-corrected chi connectivity index (χ4v) is 2.49. The van der Waals surface area contributed by atoms with E-state index in [1.165, 1.54) is 0 Å². The van der Waals surface area contributed by atoms with Gasteiger partial charge in [-0.25, -0.2) is 0 Å². The van der Waals surface area contributed by atoms with Crippen LogP contribution < -0.4 is 10.1 Å². The van der Waals surface area contributed by atoms with E-state index in [1.807, 2.05) is 18.2 Å². The Morgan fingerprint density at radius 3 is 2.62 bits per heavy atom. The first-order valence-electron chi connectivity index (χ1n) is 6.87. The van der Waals surface area contributed by atoms with E-state index < -0.39 is 0 Å². The smallest absolute Gasteiger partial charge is 0.240 e. The zero-order valence-electron chi connectivity index (χ0n) is 12.3. The molecule has 3 nitrogen and oxygen atoms in total. The molecule has 0 spiro atoms. The van der Waals surface area contributed by atoms with Gasteiger partial charge in [0.05, 0.1) is 5.02 Å². The lowest BCUT2D eigenvalue weighted by Crippen LogP contribution is -2.00. The molecule has 2 aromatic rings. The predicted octanol–water partition coefficient (Wildman–Crippen LogP) is 5.74. The molecule has 112 valence electrons. The van der Waals surface area contributed by atoms with Crippen LogP contribution in [0.5, 0.6) is 11.6 Å². The number of hydrogen-bond acceptors (Lipinski definition) is 3. The Morgan fingerprint density at radius 1 is 1.24 bits per heavy atom. The lowest BCUT2D eigenvalue weighted by molar-refractivity contribution is 0.453. The summed E-state index contributed by atoms with van der Waals surface area (Å²) in [6.45, 7) is 4.31. The van der Waals surface area contributed by atoms with Gasteiger partial charge in [-0.3, -0.25) is 0 Å². The number of anilines is 1. The Kier molecular flexibility index (Phi) is 5.32. The van der Waals surface area contributed by atoms with Crippen molar-refractivity contribution < 1.29 is 4.74 Å². The molecule has 1 aromatic carbocycles. The van der Waals surface area contributed by atoms with Crippen molar-refractivity contribution in [2.75, 3.05) is 12.4 Å². The zero-order chi connectivity index (χ0) is 15.4. The SMILES string of the molecule is CCC(C)c1ccccc1Oc1nc(NC)c(Cl)cc1Cl. The summed E-state index contributed by atoms with van der Waals surface area (Å²) in [4.78, 5) is 4.31. The van der Waals surface area contributed by atoms with Gasteiger partial charge in [0.15, 0.2) is 0 Å². The third-order valence-electron chi connectivity index (χ3n) is 3.40. The quantitative estimate of drug-likeness (QED) is 0.761. The predicted molar refractivity (Wildman–Crippen MR) is 89.0 cm³/mol. The molecule has 21 heavy (non-hydrogen) atoms. The van der Waals surface area contributed by atoms with Crippen molar-refractivity contribution in [2.45, 2.75) is 26.2 Å². The van der Waals surface area contributed by atoms with Crippen LogP contribution >= 0.6 is 23.2 Å². The van der Waals surface area contributed by atoms with E-state index in [1.54, 1.807) is 13.1 Å². The average molecular weight is 325 g/mol. The lowest BCUT2D eigenvalue weighted by atomic mass is 9.98. The molecule has 0 aliphatic heterocycles. The summed E-state index contributed by atoms with van der Waals surface area (Å²) in [5.74, 6) is 2.06. The van der Waals surface area contributed by atoms with E-state index in [-0.39, 0.29) is 0 Å². The van der Waals surface area contributed by atoms with Crippen LogP contribution in [0.3, 0.4) is 0 Å². The number of para-hydroxylation sites is 1. The third-order valence-corrected chi connectivity index (χ3v) is 3.96. The van der Waals surface area contributed by atoms with Crippen LogP contribution in [0.4, 0.5) is 5.82 Å². The Morgan fingerprint density at radius 2 is 1.95 bits per heavy atom. The van der Waals surface area contributed by atoms with Crippen LogP contribution in [0, 0.1) is 0 Å². The number of hydrogen-bond donors (Lipinski definition) is 1. The summed E-state index contributed by atoms with van der Waals surface area (Å²) < 4.78 is 5.92. The van der Waals surface area contributed by atoms with Gasteiger partial charge < -0.3 is 10.1 Å². The molecule has 1 N–H and O–H groups in total. The van der Waals surface area contributed by atoms with Gasteiger partial charge in [0, 0.05) is 7.05 Å². The molecule has 0 aliphatic rings. The Bertz CT molecular complexity index is 632. The molecule has 0 fully saturated rings. The highest BCUT2D eigenvalue weighted by atomic mass is 35.5. The summed E-state index contributed by atoms with van der Waals surface area (Å²) in [5.41, 5.74) is 1.14. The Balaban J connectivity index is 2.39. The molecule has 0 saturated carbocycles. The van der Waals surface area contributed by atoms with Crippen molar-refractivity contribution in [3.05, 3.63) is 45.9 Å². The maximum absolute atomic E-state index is 6.17. The number of ether oxygens (including phenoxy) is 1. The van der Waals surface area contributed by atoms with Gasteiger partial charge >= 0.3 is 0 Å². The summed E-state index contributed by atoms with van der Waals surface area (Å²) in [7, 11) is 1.75. The summed E-state index contributed by atoms with van der Waals surface area (Å²) in [6, 6.07) is 9.55. The minimum Gasteiger partial charge on any atom is -0.437 e. The molecule has 0 saturated heterocycles. The maximum atomic E-state index is 6.17. The number of pyridine rings is 1. The second kappa shape index (κ2) is 7.01. The number of halogens is 2. The molecular weight excluding hydrogens is 307 g/mol. The molecule has 1 heterocycles. The van der Waals surface area contributed by atoms with Gasteiger partial charge in [0.1, 0.15) is 16.6 Å². The molecule has 2 rings (SSSR count). The third kappa shape index (κ3) is 3.60. The lowest BCUT2D eigenvalue weighted by Gasteiger charge is -2.16. The molecular formula is C16H18Cl2N2O. The van der Waals surface area contributed by atoms with Crippen molar-refractivity contribution in [1.29, 1.82) is 0 Å². The van der Waals surface area contributed by atoms with Crippen molar-refractivity contribution in [2.24, 2.45) is 0 Å². The fraction of sp³-hybridized carbons (Fsp3) is 0.312. The molecule has 0 bridgehead atoms. The minimum absolute atomic E-state index is 0.348. The first kappa shape index (κ1) is 15.9. The molecule has 0 aliphatic carbocycles. The van der Waals surface area contributed by atoms with Crippen LogP contribution in [0.2, 0.25) is 10.0 Å². The van der Waals surface area contributed by atoms with Crippen LogP contribution in [0.15, 0.2) is 30.3 Å². The second-order valence-electron chi connectivity index (χ2n) is 4.80. The molecule has 1 atom stereocenters. The molecule has 5 heteroatoms. The van der Waals surface area contributed by atoms with Gasteiger partial charge in [-0.05, 0) is 30.0 Å². The number of benzene rings is 1. The number of aromatic nitrogens is 1. The largest absolute Gasteiger partial charge is 0.437 e. The van der Waals surface area contributed by atoms with E-state index >= 15 is 0 Å². The first-order chi connectivity index (χ1) is 10.1. The maximum Gasteiger partial charge on any atom is 0.240 e.